The lowest BCUT2D eigenvalue weighted by Crippen LogP contribution is -2.48. The minimum atomic E-state index is -1.17. The number of hydrogen-bond acceptors (Lipinski definition) is 7. The van der Waals surface area contributed by atoms with Crippen molar-refractivity contribution in [2.75, 3.05) is 11.9 Å². The van der Waals surface area contributed by atoms with Crippen LogP contribution >= 0.6 is 11.3 Å². The highest BCUT2D eigenvalue weighted by molar-refractivity contribution is 7.19. The number of anilines is 1. The fraction of sp³-hybridized carbons (Fsp3) is 0.393. The smallest absolute Gasteiger partial charge is 0.249 e. The van der Waals surface area contributed by atoms with Crippen molar-refractivity contribution in [2.24, 2.45) is 5.92 Å². The van der Waals surface area contributed by atoms with E-state index < -0.39 is 18.1 Å². The summed E-state index contributed by atoms with van der Waals surface area (Å²) >= 11 is 1.33. The van der Waals surface area contributed by atoms with E-state index in [1.807, 2.05) is 62.4 Å². The third-order valence-corrected chi connectivity index (χ3v) is 6.58. The molecule has 3 rings (SSSR count). The first kappa shape index (κ1) is 28.1. The number of amides is 2. The summed E-state index contributed by atoms with van der Waals surface area (Å²) < 4.78 is 11.7. The summed E-state index contributed by atoms with van der Waals surface area (Å²) in [4.78, 5) is 30.5. The third-order valence-electron chi connectivity index (χ3n) is 5.64. The Morgan fingerprint density at radius 1 is 1.03 bits per heavy atom. The van der Waals surface area contributed by atoms with Gasteiger partial charge in [0.25, 0.3) is 0 Å². The third kappa shape index (κ3) is 8.03. The van der Waals surface area contributed by atoms with Gasteiger partial charge in [-0.3, -0.25) is 9.59 Å². The van der Waals surface area contributed by atoms with Crippen molar-refractivity contribution in [3.05, 3.63) is 60.3 Å². The van der Waals surface area contributed by atoms with E-state index in [2.05, 4.69) is 15.6 Å². The number of carbonyl (C=O) groups excluding carboxylic acids is 2. The second-order valence-electron chi connectivity index (χ2n) is 8.91. The quantitative estimate of drug-likeness (QED) is 0.289. The number of aliphatic hydroxyl groups is 1. The normalized spacial score (nSPS) is 12.6. The lowest BCUT2D eigenvalue weighted by atomic mass is 10.1. The lowest BCUT2D eigenvalue weighted by Gasteiger charge is -2.20. The highest BCUT2D eigenvalue weighted by Gasteiger charge is 2.26. The number of thiazole rings is 1. The van der Waals surface area contributed by atoms with Gasteiger partial charge >= 0.3 is 0 Å². The van der Waals surface area contributed by atoms with Crippen LogP contribution < -0.4 is 20.1 Å². The summed E-state index contributed by atoms with van der Waals surface area (Å²) in [7, 11) is 0. The van der Waals surface area contributed by atoms with Crippen LogP contribution in [0.5, 0.6) is 11.5 Å². The fourth-order valence-corrected chi connectivity index (χ4v) is 4.51. The molecule has 0 radical (unpaired) electrons. The van der Waals surface area contributed by atoms with Gasteiger partial charge in [0.15, 0.2) is 5.13 Å². The Hall–Kier alpha value is -3.43. The highest BCUT2D eigenvalue weighted by atomic mass is 32.1. The molecule has 0 aliphatic carbocycles. The van der Waals surface area contributed by atoms with Crippen molar-refractivity contribution in [3.63, 3.8) is 0 Å². The number of aromatic nitrogens is 1. The molecule has 0 fully saturated rings. The van der Waals surface area contributed by atoms with E-state index >= 15 is 0 Å². The highest BCUT2D eigenvalue weighted by Crippen LogP contribution is 2.34. The van der Waals surface area contributed by atoms with Crippen molar-refractivity contribution in [1.82, 2.24) is 10.3 Å². The number of rotatable bonds is 13. The van der Waals surface area contributed by atoms with E-state index in [-0.39, 0.29) is 11.8 Å². The molecule has 3 aromatic rings. The largest absolute Gasteiger partial charge is 0.494 e. The first-order valence-electron chi connectivity index (χ1n) is 12.5. The summed E-state index contributed by atoms with van der Waals surface area (Å²) in [5, 5.41) is 15.9. The molecule has 2 amide bonds. The van der Waals surface area contributed by atoms with Gasteiger partial charge in [0.1, 0.15) is 30.3 Å². The first-order valence-corrected chi connectivity index (χ1v) is 13.3. The fourth-order valence-electron chi connectivity index (χ4n) is 3.63. The number of nitrogens with zero attached hydrogens (tertiary/aromatic N) is 1. The van der Waals surface area contributed by atoms with Crippen molar-refractivity contribution in [2.45, 2.75) is 59.3 Å². The number of hydrogen-bond donors (Lipinski definition) is 3. The van der Waals surface area contributed by atoms with Gasteiger partial charge in [-0.25, -0.2) is 4.98 Å². The minimum Gasteiger partial charge on any atom is -0.494 e. The summed E-state index contributed by atoms with van der Waals surface area (Å²) in [6.07, 6.45) is 1.67. The van der Waals surface area contributed by atoms with Crippen LogP contribution in [0.15, 0.2) is 54.7 Å². The first-order chi connectivity index (χ1) is 17.8. The van der Waals surface area contributed by atoms with Crippen molar-refractivity contribution in [3.8, 4) is 21.9 Å². The van der Waals surface area contributed by atoms with Crippen LogP contribution in [0.25, 0.3) is 10.4 Å². The van der Waals surface area contributed by atoms with Crippen molar-refractivity contribution in [1.29, 1.82) is 0 Å². The Bertz CT molecular complexity index is 1170. The van der Waals surface area contributed by atoms with Gasteiger partial charge < -0.3 is 25.2 Å². The molecule has 1 heterocycles. The van der Waals surface area contributed by atoms with Crippen LogP contribution in [0.1, 0.15) is 46.1 Å². The van der Waals surface area contributed by atoms with Crippen LogP contribution in [0.4, 0.5) is 5.13 Å². The SMILES string of the molecule is CCCC(NC(=O)[C@@H](O)C(C)C)C(=O)Nc1ncc(-c2ccc(OCC)cc2COc2ccccc2)s1. The molecule has 2 atom stereocenters. The maximum absolute atomic E-state index is 12.9. The van der Waals surface area contributed by atoms with Gasteiger partial charge in [-0.15, -0.1) is 0 Å². The second kappa shape index (κ2) is 13.8. The summed E-state index contributed by atoms with van der Waals surface area (Å²) in [6.45, 7) is 8.25. The molecule has 1 unspecified atom stereocenters. The van der Waals surface area contributed by atoms with E-state index in [4.69, 9.17) is 9.47 Å². The molecular formula is C28H35N3O5S. The topological polar surface area (TPSA) is 110 Å². The minimum absolute atomic E-state index is 0.249. The molecule has 8 nitrogen and oxygen atoms in total. The maximum Gasteiger partial charge on any atom is 0.249 e. The molecule has 9 heteroatoms. The van der Waals surface area contributed by atoms with Gasteiger partial charge in [-0.1, -0.05) is 56.7 Å². The Kier molecular flexibility index (Phi) is 10.5. The van der Waals surface area contributed by atoms with E-state index in [0.29, 0.717) is 31.2 Å². The number of benzene rings is 2. The van der Waals surface area contributed by atoms with Crippen LogP contribution in [-0.4, -0.2) is 40.7 Å². The summed E-state index contributed by atoms with van der Waals surface area (Å²) in [5.74, 6) is 0.338. The van der Waals surface area contributed by atoms with Gasteiger partial charge in [0, 0.05) is 17.3 Å². The maximum atomic E-state index is 12.9. The predicted octanol–water partition coefficient (Wildman–Crippen LogP) is 5.03. The zero-order valence-corrected chi connectivity index (χ0v) is 22.5. The number of para-hydroxylation sites is 1. The van der Waals surface area contributed by atoms with Gasteiger partial charge in [0.05, 0.1) is 11.5 Å². The molecular weight excluding hydrogens is 490 g/mol. The Labute approximate surface area is 222 Å². The van der Waals surface area contributed by atoms with E-state index in [9.17, 15) is 14.7 Å². The molecule has 0 aliphatic rings. The molecule has 0 spiro atoms. The Morgan fingerprint density at radius 3 is 2.46 bits per heavy atom. The monoisotopic (exact) mass is 525 g/mol. The Balaban J connectivity index is 1.76. The molecule has 0 saturated heterocycles. The molecule has 0 bridgehead atoms. The standard InChI is InChI=1S/C28H35N3O5S/c1-5-10-23(30-27(34)25(32)18(3)4)26(33)31-28-29-16-24(37-28)22-14-13-21(35-6-2)15-19(22)17-36-20-11-8-7-9-12-20/h7-9,11-16,18,23,25,32H,5-6,10,17H2,1-4H3,(H,30,34)(H,29,31,33)/t23?,25-/m0/s1. The van der Waals surface area contributed by atoms with Gasteiger partial charge in [0.2, 0.25) is 11.8 Å². The lowest BCUT2D eigenvalue weighted by molar-refractivity contribution is -0.134. The average molecular weight is 526 g/mol. The van der Waals surface area contributed by atoms with Crippen LogP contribution in [0.2, 0.25) is 0 Å². The van der Waals surface area contributed by atoms with Crippen LogP contribution in [0, 0.1) is 5.92 Å². The van der Waals surface area contributed by atoms with E-state index in [1.54, 1.807) is 20.0 Å². The van der Waals surface area contributed by atoms with E-state index in [0.717, 1.165) is 27.5 Å². The van der Waals surface area contributed by atoms with Crippen molar-refractivity contribution >= 4 is 28.3 Å². The molecule has 0 aliphatic heterocycles. The predicted molar refractivity (Wildman–Crippen MR) is 146 cm³/mol. The van der Waals surface area contributed by atoms with Crippen LogP contribution in [0.3, 0.4) is 0 Å². The number of ether oxygens (including phenoxy) is 2. The van der Waals surface area contributed by atoms with Crippen LogP contribution in [-0.2, 0) is 16.2 Å². The average Bonchev–Trinajstić information content (AvgIpc) is 3.35. The zero-order valence-electron chi connectivity index (χ0n) is 21.7. The number of nitrogens with one attached hydrogen (secondary N) is 2. The van der Waals surface area contributed by atoms with E-state index in [1.165, 1.54) is 11.3 Å². The molecule has 37 heavy (non-hydrogen) atoms. The second-order valence-corrected chi connectivity index (χ2v) is 9.94. The molecule has 198 valence electrons. The molecule has 2 aromatic carbocycles. The summed E-state index contributed by atoms with van der Waals surface area (Å²) in [6, 6.07) is 14.6. The Morgan fingerprint density at radius 2 is 1.78 bits per heavy atom. The number of aliphatic hydroxyl groups excluding tert-OH is 1. The zero-order chi connectivity index (χ0) is 26.8. The van der Waals surface area contributed by atoms with Gasteiger partial charge in [-0.05, 0) is 49.6 Å². The van der Waals surface area contributed by atoms with Crippen molar-refractivity contribution < 1.29 is 24.2 Å². The number of carbonyl (C=O) groups is 2. The summed E-state index contributed by atoms with van der Waals surface area (Å²) in [5.41, 5.74) is 1.85. The molecule has 1 aromatic heterocycles. The molecule has 3 N–H and O–H groups in total. The van der Waals surface area contributed by atoms with Gasteiger partial charge in [-0.2, -0.15) is 0 Å². The molecule has 0 saturated carbocycles.